The number of hydrogen-bond donors (Lipinski definition) is 1. The first-order valence-electron chi connectivity index (χ1n) is 5.85. The van der Waals surface area contributed by atoms with Gasteiger partial charge in [-0.25, -0.2) is 14.2 Å². The van der Waals surface area contributed by atoms with Crippen molar-refractivity contribution in [1.29, 1.82) is 0 Å². The van der Waals surface area contributed by atoms with Crippen molar-refractivity contribution in [3.8, 4) is 5.75 Å². The summed E-state index contributed by atoms with van der Waals surface area (Å²) in [4.78, 5) is 16.5. The number of benzene rings is 1. The molecule has 0 spiro atoms. The molecule has 0 saturated carbocycles. The van der Waals surface area contributed by atoms with Crippen LogP contribution in [0.4, 0.5) is 10.1 Å². The summed E-state index contributed by atoms with van der Waals surface area (Å²) in [7, 11) is 2.62. The predicted octanol–water partition coefficient (Wildman–Crippen LogP) is 3.34. The highest BCUT2D eigenvalue weighted by Crippen LogP contribution is 2.31. The predicted molar refractivity (Wildman–Crippen MR) is 78.7 cm³/mol. The van der Waals surface area contributed by atoms with Gasteiger partial charge in [0.25, 0.3) is 0 Å². The fourth-order valence-corrected chi connectivity index (χ4v) is 2.65. The van der Waals surface area contributed by atoms with E-state index in [2.05, 4.69) is 15.0 Å². The molecule has 0 saturated heterocycles. The van der Waals surface area contributed by atoms with Crippen LogP contribution in [0.3, 0.4) is 0 Å². The van der Waals surface area contributed by atoms with Crippen LogP contribution in [0, 0.1) is 5.82 Å². The lowest BCUT2D eigenvalue weighted by molar-refractivity contribution is 0.0601. The lowest BCUT2D eigenvalue weighted by Gasteiger charge is -2.14. The Balaban J connectivity index is 2.33. The molecule has 0 aliphatic carbocycles. The topological polar surface area (TPSA) is 60.5 Å². The number of esters is 1. The molecule has 0 aliphatic heterocycles. The van der Waals surface area contributed by atoms with Gasteiger partial charge in [-0.05, 0) is 6.07 Å². The fourth-order valence-electron chi connectivity index (χ4n) is 1.74. The zero-order chi connectivity index (χ0) is 15.4. The van der Waals surface area contributed by atoms with E-state index in [1.54, 1.807) is 6.20 Å². The molecule has 5 nitrogen and oxygen atoms in total. The molecule has 1 aromatic carbocycles. The Hall–Kier alpha value is -1.86. The number of carbonyl (C=O) groups is 1. The number of hydrogen-bond acceptors (Lipinski definition) is 6. The standard InChI is InChI=1S/C13H12ClFN2O3S/c1-19-10-4-7(15)3-9(12(18)20-2)11(10)16-5-8-6-17-13(14)21-8/h3-4,6,16H,5H2,1-2H3. The van der Waals surface area contributed by atoms with E-state index in [0.717, 1.165) is 10.9 Å². The van der Waals surface area contributed by atoms with Crippen LogP contribution in [-0.4, -0.2) is 25.2 Å². The second-order valence-electron chi connectivity index (χ2n) is 3.96. The largest absolute Gasteiger partial charge is 0.494 e. The van der Waals surface area contributed by atoms with Crippen molar-refractivity contribution in [2.75, 3.05) is 19.5 Å². The van der Waals surface area contributed by atoms with Gasteiger partial charge in [0, 0.05) is 17.1 Å². The number of thiazole rings is 1. The SMILES string of the molecule is COC(=O)c1cc(F)cc(OC)c1NCc1cnc(Cl)s1. The van der Waals surface area contributed by atoms with Crippen LogP contribution in [-0.2, 0) is 11.3 Å². The molecule has 21 heavy (non-hydrogen) atoms. The number of rotatable bonds is 5. The highest BCUT2D eigenvalue weighted by atomic mass is 35.5. The third-order valence-corrected chi connectivity index (χ3v) is 3.77. The summed E-state index contributed by atoms with van der Waals surface area (Å²) < 4.78 is 23.7. The zero-order valence-electron chi connectivity index (χ0n) is 11.3. The Labute approximate surface area is 129 Å². The smallest absolute Gasteiger partial charge is 0.340 e. The third-order valence-electron chi connectivity index (χ3n) is 2.66. The molecule has 2 rings (SSSR count). The fraction of sp³-hybridized carbons (Fsp3) is 0.231. The van der Waals surface area contributed by atoms with E-state index >= 15 is 0 Å². The van der Waals surface area contributed by atoms with E-state index in [9.17, 15) is 9.18 Å². The molecule has 0 bridgehead atoms. The van der Waals surface area contributed by atoms with Crippen molar-refractivity contribution in [3.63, 3.8) is 0 Å². The maximum atomic E-state index is 13.5. The van der Waals surface area contributed by atoms with E-state index in [1.807, 2.05) is 0 Å². The second-order valence-corrected chi connectivity index (χ2v) is 5.65. The highest BCUT2D eigenvalue weighted by Gasteiger charge is 2.18. The average Bonchev–Trinajstić information content (AvgIpc) is 2.89. The summed E-state index contributed by atoms with van der Waals surface area (Å²) >= 11 is 7.06. The normalized spacial score (nSPS) is 10.3. The molecule has 112 valence electrons. The van der Waals surface area contributed by atoms with Crippen molar-refractivity contribution < 1.29 is 18.7 Å². The van der Waals surface area contributed by atoms with Gasteiger partial charge in [0.15, 0.2) is 4.47 Å². The number of ether oxygens (including phenoxy) is 2. The molecule has 1 N–H and O–H groups in total. The molecule has 0 amide bonds. The van der Waals surface area contributed by atoms with Gasteiger partial charge in [0.1, 0.15) is 11.6 Å². The number of nitrogens with one attached hydrogen (secondary N) is 1. The van der Waals surface area contributed by atoms with E-state index < -0.39 is 11.8 Å². The molecule has 0 fully saturated rings. The Morgan fingerprint density at radius 1 is 1.48 bits per heavy atom. The number of nitrogens with zero attached hydrogens (tertiary/aromatic N) is 1. The lowest BCUT2D eigenvalue weighted by atomic mass is 10.1. The minimum absolute atomic E-state index is 0.0602. The van der Waals surface area contributed by atoms with Crippen molar-refractivity contribution in [2.24, 2.45) is 0 Å². The van der Waals surface area contributed by atoms with Crippen LogP contribution >= 0.6 is 22.9 Å². The first-order chi connectivity index (χ1) is 10.0. The molecule has 8 heteroatoms. The Morgan fingerprint density at radius 3 is 2.81 bits per heavy atom. The molecular formula is C13H12ClFN2O3S. The molecule has 2 aromatic rings. The van der Waals surface area contributed by atoms with Gasteiger partial charge < -0.3 is 14.8 Å². The molecule has 0 unspecified atom stereocenters. The summed E-state index contributed by atoms with van der Waals surface area (Å²) in [5, 5.41) is 3.02. The monoisotopic (exact) mass is 330 g/mol. The van der Waals surface area contributed by atoms with E-state index in [4.69, 9.17) is 16.3 Å². The summed E-state index contributed by atoms with van der Waals surface area (Å²) in [6, 6.07) is 2.28. The van der Waals surface area contributed by atoms with E-state index in [1.165, 1.54) is 31.6 Å². The van der Waals surface area contributed by atoms with Gasteiger partial charge >= 0.3 is 5.97 Å². The van der Waals surface area contributed by atoms with Gasteiger partial charge in [-0.3, -0.25) is 0 Å². The van der Waals surface area contributed by atoms with Crippen LogP contribution < -0.4 is 10.1 Å². The molecular weight excluding hydrogens is 319 g/mol. The molecule has 1 heterocycles. The minimum atomic E-state index is -0.655. The van der Waals surface area contributed by atoms with Crippen molar-refractivity contribution in [2.45, 2.75) is 6.54 Å². The van der Waals surface area contributed by atoms with Crippen LogP contribution in [0.25, 0.3) is 0 Å². The molecule has 0 radical (unpaired) electrons. The van der Waals surface area contributed by atoms with Gasteiger partial charge in [0.05, 0.1) is 32.0 Å². The molecule has 0 atom stereocenters. The third kappa shape index (κ3) is 3.62. The maximum absolute atomic E-state index is 13.5. The zero-order valence-corrected chi connectivity index (χ0v) is 12.8. The average molecular weight is 331 g/mol. The number of carbonyl (C=O) groups excluding carboxylic acids is 1. The Morgan fingerprint density at radius 2 is 2.24 bits per heavy atom. The second kappa shape index (κ2) is 6.73. The van der Waals surface area contributed by atoms with Gasteiger partial charge in [-0.2, -0.15) is 0 Å². The van der Waals surface area contributed by atoms with E-state index in [-0.39, 0.29) is 11.3 Å². The van der Waals surface area contributed by atoms with Crippen molar-refractivity contribution in [1.82, 2.24) is 4.98 Å². The van der Waals surface area contributed by atoms with Crippen LogP contribution in [0.5, 0.6) is 5.75 Å². The van der Waals surface area contributed by atoms with Crippen LogP contribution in [0.1, 0.15) is 15.2 Å². The Bertz CT molecular complexity index is 663. The minimum Gasteiger partial charge on any atom is -0.494 e. The molecule has 0 aliphatic rings. The van der Waals surface area contributed by atoms with Crippen molar-refractivity contribution in [3.05, 3.63) is 39.1 Å². The van der Waals surface area contributed by atoms with E-state index in [0.29, 0.717) is 16.7 Å². The quantitative estimate of drug-likeness (QED) is 0.852. The van der Waals surface area contributed by atoms with Crippen LogP contribution in [0.2, 0.25) is 4.47 Å². The lowest BCUT2D eigenvalue weighted by Crippen LogP contribution is -2.10. The number of methoxy groups -OCH3 is 2. The Kier molecular flexibility index (Phi) is 4.98. The van der Waals surface area contributed by atoms with Gasteiger partial charge in [-0.15, -0.1) is 11.3 Å². The first kappa shape index (κ1) is 15.5. The number of halogens is 2. The highest BCUT2D eigenvalue weighted by molar-refractivity contribution is 7.15. The van der Waals surface area contributed by atoms with Crippen molar-refractivity contribution >= 4 is 34.6 Å². The summed E-state index contributed by atoms with van der Waals surface area (Å²) in [6.07, 6.45) is 1.62. The number of aromatic nitrogens is 1. The molecule has 1 aromatic heterocycles. The summed E-state index contributed by atoms with van der Waals surface area (Å²) in [5.41, 5.74) is 0.417. The maximum Gasteiger partial charge on any atom is 0.340 e. The summed E-state index contributed by atoms with van der Waals surface area (Å²) in [5.74, 6) is -1.03. The van der Waals surface area contributed by atoms with Crippen LogP contribution in [0.15, 0.2) is 18.3 Å². The summed E-state index contributed by atoms with van der Waals surface area (Å²) in [6.45, 7) is 0.371. The first-order valence-corrected chi connectivity index (χ1v) is 7.04. The van der Waals surface area contributed by atoms with Gasteiger partial charge in [-0.1, -0.05) is 11.6 Å². The van der Waals surface area contributed by atoms with Gasteiger partial charge in [0.2, 0.25) is 0 Å². The number of anilines is 1.